The Bertz CT molecular complexity index is 952. The molecule has 2 aromatic carbocycles. The number of halogens is 2. The highest BCUT2D eigenvalue weighted by atomic mass is 35.5. The Morgan fingerprint density at radius 2 is 1.71 bits per heavy atom. The second-order valence-corrected chi connectivity index (χ2v) is 8.42. The zero-order valence-corrected chi connectivity index (χ0v) is 19.8. The van der Waals surface area contributed by atoms with Crippen LogP contribution in [-0.2, 0) is 17.8 Å². The topological polar surface area (TPSA) is 25.6 Å². The van der Waals surface area contributed by atoms with E-state index in [0.29, 0.717) is 23.3 Å². The maximum atomic E-state index is 6.24. The highest BCUT2D eigenvalue weighted by molar-refractivity contribution is 6.42. The van der Waals surface area contributed by atoms with Crippen LogP contribution in [0.4, 0.5) is 0 Å². The van der Waals surface area contributed by atoms with E-state index in [2.05, 4.69) is 43.9 Å². The summed E-state index contributed by atoms with van der Waals surface area (Å²) < 4.78 is 11.6. The van der Waals surface area contributed by atoms with Gasteiger partial charge in [-0.1, -0.05) is 55.2 Å². The predicted octanol–water partition coefficient (Wildman–Crippen LogP) is 7.27. The maximum Gasteiger partial charge on any atom is 0.107 e. The first-order valence-corrected chi connectivity index (χ1v) is 11.5. The van der Waals surface area contributed by atoms with Crippen LogP contribution in [0.1, 0.15) is 36.7 Å². The molecule has 3 nitrogen and oxygen atoms in total. The zero-order valence-electron chi connectivity index (χ0n) is 18.2. The molecular formula is C26H30Cl2NO2. The van der Waals surface area contributed by atoms with Crippen LogP contribution in [0, 0.1) is 6.92 Å². The van der Waals surface area contributed by atoms with Crippen LogP contribution < -0.4 is 0 Å². The molecule has 5 heteroatoms. The molecule has 1 aromatic heterocycles. The van der Waals surface area contributed by atoms with Gasteiger partial charge in [-0.25, -0.2) is 0 Å². The summed E-state index contributed by atoms with van der Waals surface area (Å²) in [7, 11) is 0. The molecule has 165 valence electrons. The summed E-state index contributed by atoms with van der Waals surface area (Å²) in [6, 6.07) is 16.0. The fraction of sp³-hybridized carbons (Fsp3) is 0.346. The van der Waals surface area contributed by atoms with Crippen molar-refractivity contribution in [3.63, 3.8) is 0 Å². The van der Waals surface area contributed by atoms with Crippen molar-refractivity contribution >= 4 is 23.2 Å². The number of furan rings is 1. The predicted molar refractivity (Wildman–Crippen MR) is 130 cm³/mol. The fourth-order valence-corrected chi connectivity index (χ4v) is 3.92. The molecule has 0 aliphatic carbocycles. The number of likely N-dealkylation sites (N-methyl/N-ethyl adjacent to an activating group) is 1. The molecule has 0 amide bonds. The molecule has 1 radical (unpaired) electrons. The number of rotatable bonds is 11. The van der Waals surface area contributed by atoms with Crippen LogP contribution >= 0.6 is 23.2 Å². The Balaban J connectivity index is 1.80. The van der Waals surface area contributed by atoms with Gasteiger partial charge in [0.1, 0.15) is 5.76 Å². The van der Waals surface area contributed by atoms with Crippen molar-refractivity contribution in [2.75, 3.05) is 26.2 Å². The van der Waals surface area contributed by atoms with Gasteiger partial charge in [-0.15, -0.1) is 0 Å². The van der Waals surface area contributed by atoms with Gasteiger partial charge in [-0.2, -0.15) is 0 Å². The normalized spacial score (nSPS) is 12.5. The monoisotopic (exact) mass is 458 g/mol. The summed E-state index contributed by atoms with van der Waals surface area (Å²) >= 11 is 12.3. The van der Waals surface area contributed by atoms with Crippen molar-refractivity contribution in [2.45, 2.75) is 32.8 Å². The van der Waals surface area contributed by atoms with Crippen LogP contribution in [-0.4, -0.2) is 31.1 Å². The molecule has 3 rings (SSSR count). The Hall–Kier alpha value is -1.78. The van der Waals surface area contributed by atoms with E-state index in [1.54, 1.807) is 6.26 Å². The molecule has 1 heterocycles. The number of hydrogen-bond acceptors (Lipinski definition) is 3. The lowest BCUT2D eigenvalue weighted by molar-refractivity contribution is 0.0952. The average molecular weight is 459 g/mol. The molecule has 0 fully saturated rings. The summed E-state index contributed by atoms with van der Waals surface area (Å²) in [4.78, 5) is 2.36. The van der Waals surface area contributed by atoms with E-state index >= 15 is 0 Å². The van der Waals surface area contributed by atoms with Crippen LogP contribution in [0.5, 0.6) is 0 Å². The molecular weight excluding hydrogens is 429 g/mol. The van der Waals surface area contributed by atoms with E-state index < -0.39 is 0 Å². The molecule has 0 spiro atoms. The van der Waals surface area contributed by atoms with Crippen molar-refractivity contribution in [1.82, 2.24) is 4.90 Å². The Morgan fingerprint density at radius 3 is 2.39 bits per heavy atom. The molecule has 0 aliphatic rings. The van der Waals surface area contributed by atoms with Crippen molar-refractivity contribution in [3.8, 4) is 11.1 Å². The van der Waals surface area contributed by atoms with Gasteiger partial charge in [0.05, 0.1) is 29.5 Å². The first-order chi connectivity index (χ1) is 15.0. The molecule has 0 N–H and O–H groups in total. The van der Waals surface area contributed by atoms with Gasteiger partial charge in [-0.05, 0) is 79.0 Å². The molecule has 0 saturated carbocycles. The second-order valence-electron chi connectivity index (χ2n) is 7.61. The van der Waals surface area contributed by atoms with Crippen LogP contribution in [0.3, 0.4) is 0 Å². The van der Waals surface area contributed by atoms with Crippen molar-refractivity contribution in [1.29, 1.82) is 0 Å². The maximum absolute atomic E-state index is 6.24. The summed E-state index contributed by atoms with van der Waals surface area (Å²) in [5.74, 6) is 0.933. The van der Waals surface area contributed by atoms with E-state index in [1.165, 1.54) is 5.56 Å². The van der Waals surface area contributed by atoms with Gasteiger partial charge in [0.15, 0.2) is 0 Å². The average Bonchev–Trinajstić information content (AvgIpc) is 3.32. The van der Waals surface area contributed by atoms with Gasteiger partial charge in [0.25, 0.3) is 0 Å². The third-order valence-corrected chi connectivity index (χ3v) is 6.31. The molecule has 3 aromatic rings. The Morgan fingerprint density at radius 1 is 0.968 bits per heavy atom. The van der Waals surface area contributed by atoms with E-state index in [9.17, 15) is 0 Å². The standard InChI is InChI=1S/C26H30Cl2NO2/c1-4-29(5-2)12-14-30-18-23-16-21(22-10-11-24(27)25(28)17-22)9-8-20(23)15-19(3)26-7-6-13-31-26/h6-11,13,16-17,19H,3-5,12,14-15,18H2,1-2H3. The van der Waals surface area contributed by atoms with Gasteiger partial charge in [0.2, 0.25) is 0 Å². The van der Waals surface area contributed by atoms with E-state index in [0.717, 1.165) is 48.5 Å². The number of nitrogens with zero attached hydrogens (tertiary/aromatic N) is 1. The number of benzene rings is 2. The van der Waals surface area contributed by atoms with Crippen LogP contribution in [0.25, 0.3) is 11.1 Å². The van der Waals surface area contributed by atoms with Crippen molar-refractivity contribution in [2.24, 2.45) is 0 Å². The molecule has 1 unspecified atom stereocenters. The summed E-state index contributed by atoms with van der Waals surface area (Å²) in [5.41, 5.74) is 4.48. The molecule has 31 heavy (non-hydrogen) atoms. The van der Waals surface area contributed by atoms with E-state index in [4.69, 9.17) is 32.4 Å². The largest absolute Gasteiger partial charge is 0.469 e. The van der Waals surface area contributed by atoms with Gasteiger partial charge in [0, 0.05) is 12.5 Å². The summed E-state index contributed by atoms with van der Waals surface area (Å²) in [6.07, 6.45) is 2.47. The fourth-order valence-electron chi connectivity index (χ4n) is 3.62. The minimum atomic E-state index is 0.0419. The lowest BCUT2D eigenvalue weighted by atomic mass is 9.92. The third kappa shape index (κ3) is 6.60. The first kappa shape index (κ1) is 23.9. The van der Waals surface area contributed by atoms with Crippen molar-refractivity contribution in [3.05, 3.63) is 88.7 Å². The number of hydrogen-bond donors (Lipinski definition) is 0. The zero-order chi connectivity index (χ0) is 22.2. The lowest BCUT2D eigenvalue weighted by Gasteiger charge is -2.19. The van der Waals surface area contributed by atoms with Gasteiger partial charge in [-0.3, -0.25) is 0 Å². The highest BCUT2D eigenvalue weighted by Crippen LogP contribution is 2.31. The number of ether oxygens (including phenoxy) is 1. The van der Waals surface area contributed by atoms with E-state index in [-0.39, 0.29) is 5.92 Å². The second kappa shape index (κ2) is 11.7. The van der Waals surface area contributed by atoms with Gasteiger partial charge < -0.3 is 14.1 Å². The Kier molecular flexibility index (Phi) is 9.03. The van der Waals surface area contributed by atoms with E-state index in [1.807, 2.05) is 30.3 Å². The van der Waals surface area contributed by atoms with Crippen LogP contribution in [0.2, 0.25) is 10.0 Å². The minimum Gasteiger partial charge on any atom is -0.469 e. The third-order valence-electron chi connectivity index (χ3n) is 5.57. The summed E-state index contributed by atoms with van der Waals surface area (Å²) in [5, 5.41) is 1.11. The molecule has 0 aliphatic heterocycles. The molecule has 0 saturated heterocycles. The lowest BCUT2D eigenvalue weighted by Crippen LogP contribution is -2.27. The van der Waals surface area contributed by atoms with Gasteiger partial charge >= 0.3 is 0 Å². The molecule has 1 atom stereocenters. The quantitative estimate of drug-likeness (QED) is 0.282. The smallest absolute Gasteiger partial charge is 0.107 e. The Labute approximate surface area is 195 Å². The summed E-state index contributed by atoms with van der Waals surface area (Å²) in [6.45, 7) is 12.9. The van der Waals surface area contributed by atoms with Crippen molar-refractivity contribution < 1.29 is 9.15 Å². The first-order valence-electron chi connectivity index (χ1n) is 10.8. The minimum absolute atomic E-state index is 0.0419. The van der Waals surface area contributed by atoms with Crippen LogP contribution in [0.15, 0.2) is 59.2 Å². The molecule has 0 bridgehead atoms. The SMILES string of the molecule is [CH2]C(Cc1ccc(-c2ccc(Cl)c(Cl)c2)cc1COCCN(CC)CC)c1ccco1. The highest BCUT2D eigenvalue weighted by Gasteiger charge is 2.14.